The molecule has 1 aromatic heterocycles. The third kappa shape index (κ3) is 12.0. The van der Waals surface area contributed by atoms with Crippen LogP contribution in [0.3, 0.4) is 0 Å². The number of methoxy groups -OCH3 is 1. The lowest BCUT2D eigenvalue weighted by Crippen LogP contribution is -2.48. The highest BCUT2D eigenvalue weighted by Gasteiger charge is 2.37. The Bertz CT molecular complexity index is 1490. The molecular weight excluding hydrogens is 664 g/mol. The van der Waals surface area contributed by atoms with Crippen LogP contribution < -0.4 is 10.9 Å². The van der Waals surface area contributed by atoms with Crippen LogP contribution in [0.25, 0.3) is 0 Å². The first-order chi connectivity index (χ1) is 23.0. The van der Waals surface area contributed by atoms with Crippen molar-refractivity contribution in [2.75, 3.05) is 33.1 Å². The Labute approximate surface area is 279 Å². The number of aromatic amines is 1. The van der Waals surface area contributed by atoms with Crippen molar-refractivity contribution in [2.24, 2.45) is 0 Å². The Morgan fingerprint density at radius 3 is 2.16 bits per heavy atom. The molecule has 17 heteroatoms. The molecule has 272 valence electrons. The molecule has 0 spiro atoms. The smallest absolute Gasteiger partial charge is 0.416 e. The molecule has 3 N–H and O–H groups in total. The number of rotatable bonds is 10. The zero-order chi connectivity index (χ0) is 36.9. The van der Waals surface area contributed by atoms with Crippen molar-refractivity contribution in [1.82, 2.24) is 19.8 Å². The van der Waals surface area contributed by atoms with E-state index in [1.807, 2.05) is 0 Å². The van der Waals surface area contributed by atoms with E-state index in [9.17, 15) is 40.7 Å². The van der Waals surface area contributed by atoms with Crippen LogP contribution in [0, 0.1) is 0 Å². The molecular formula is C32H41F6N5O6. The summed E-state index contributed by atoms with van der Waals surface area (Å²) < 4.78 is 86.5. The Morgan fingerprint density at radius 2 is 1.69 bits per heavy atom. The SMILES string of the molecule is CCC1CCC2C(=CC=C(OC)N2C)N1C.CCOC=O.O=C(O)CCc1cnc(NCc2cc(C(F)(F)F)cc(C(F)(F)F)c2)[nH]c1=O. The van der Waals surface area contributed by atoms with Gasteiger partial charge in [-0.3, -0.25) is 19.4 Å². The van der Waals surface area contributed by atoms with Gasteiger partial charge in [0, 0.05) is 50.6 Å². The number of benzene rings is 1. The Balaban J connectivity index is 0.000000331. The van der Waals surface area contributed by atoms with E-state index in [0.29, 0.717) is 37.3 Å². The minimum Gasteiger partial charge on any atom is -0.482 e. The van der Waals surface area contributed by atoms with Gasteiger partial charge in [-0.05, 0) is 68.5 Å². The van der Waals surface area contributed by atoms with Crippen molar-refractivity contribution in [1.29, 1.82) is 0 Å². The second-order valence-corrected chi connectivity index (χ2v) is 11.0. The summed E-state index contributed by atoms with van der Waals surface area (Å²) in [5.74, 6) is -0.334. The van der Waals surface area contributed by atoms with E-state index in [1.54, 1.807) is 14.0 Å². The van der Waals surface area contributed by atoms with Gasteiger partial charge in [0.15, 0.2) is 5.88 Å². The minimum absolute atomic E-state index is 0.0148. The summed E-state index contributed by atoms with van der Waals surface area (Å²) in [4.78, 5) is 42.2. The van der Waals surface area contributed by atoms with Gasteiger partial charge in [0.1, 0.15) is 0 Å². The van der Waals surface area contributed by atoms with Crippen molar-refractivity contribution in [3.8, 4) is 0 Å². The van der Waals surface area contributed by atoms with Crippen LogP contribution in [-0.4, -0.2) is 77.2 Å². The highest BCUT2D eigenvalue weighted by molar-refractivity contribution is 5.67. The Kier molecular flexibility index (Phi) is 15.0. The number of aryl methyl sites for hydroxylation is 1. The molecule has 0 saturated carbocycles. The molecule has 4 rings (SSSR count). The lowest BCUT2D eigenvalue weighted by atomic mass is 9.91. The number of alkyl halides is 6. The number of carbonyl (C=O) groups excluding carboxylic acids is 1. The van der Waals surface area contributed by atoms with Crippen molar-refractivity contribution in [3.05, 3.63) is 80.7 Å². The molecule has 2 aliphatic heterocycles. The van der Waals surface area contributed by atoms with Crippen LogP contribution in [0.1, 0.15) is 61.8 Å². The normalized spacial score (nSPS) is 17.2. The number of likely N-dealkylation sites (tertiary alicyclic amines) is 1. The molecule has 2 aliphatic rings. The zero-order valence-electron chi connectivity index (χ0n) is 27.7. The fourth-order valence-corrected chi connectivity index (χ4v) is 5.18. The average Bonchev–Trinajstić information content (AvgIpc) is 3.04. The second-order valence-electron chi connectivity index (χ2n) is 11.0. The molecule has 2 unspecified atom stereocenters. The quantitative estimate of drug-likeness (QED) is 0.206. The summed E-state index contributed by atoms with van der Waals surface area (Å²) in [6.07, 6.45) is -1.22. The minimum atomic E-state index is -4.96. The number of likely N-dealkylation sites (N-methyl/N-ethyl adjacent to an activating group) is 2. The second kappa shape index (κ2) is 18.2. The standard InChI is InChI=1S/C16H13F6N3O3.C13H22N2O.C3H6O2/c17-15(18,19)10-3-8(4-11(5-10)16(20,21)22)6-23-14-24-7-9(13(28)25-14)1-2-12(26)27;1-5-10-6-7-12-11(14(10)2)8-9-13(16-4)15(12)3;1-2-5-3-4/h3-5,7H,1-2,6H2,(H,26,27)(H2,23,24,25,28);8-10,12H,5-7H2,1-4H3;3H,2H2,1H3. The van der Waals surface area contributed by atoms with E-state index in [0.717, 1.165) is 12.1 Å². The number of hydrogen-bond donors (Lipinski definition) is 3. The first kappa shape index (κ1) is 40.5. The number of ether oxygens (including phenoxy) is 2. The van der Waals surface area contributed by atoms with E-state index in [-0.39, 0.29) is 36.0 Å². The first-order valence-electron chi connectivity index (χ1n) is 15.3. The number of fused-ring (bicyclic) bond motifs is 1. The Hall–Kier alpha value is -4.70. The third-order valence-corrected chi connectivity index (χ3v) is 7.79. The summed E-state index contributed by atoms with van der Waals surface area (Å²) in [6.45, 7) is 4.47. The van der Waals surface area contributed by atoms with Gasteiger partial charge in [0.2, 0.25) is 5.95 Å². The molecule has 1 fully saturated rings. The van der Waals surface area contributed by atoms with Crippen LogP contribution >= 0.6 is 0 Å². The molecule has 0 radical (unpaired) electrons. The highest BCUT2D eigenvalue weighted by atomic mass is 19.4. The van der Waals surface area contributed by atoms with Crippen LogP contribution in [0.4, 0.5) is 32.3 Å². The number of allylic oxidation sites excluding steroid dienone is 2. The molecule has 2 atom stereocenters. The summed E-state index contributed by atoms with van der Waals surface area (Å²) in [7, 11) is 6.07. The van der Waals surface area contributed by atoms with E-state index in [2.05, 4.69) is 63.0 Å². The average molecular weight is 706 g/mol. The molecule has 0 bridgehead atoms. The van der Waals surface area contributed by atoms with Gasteiger partial charge < -0.3 is 29.7 Å². The number of carbonyl (C=O) groups is 2. The molecule has 1 aromatic carbocycles. The van der Waals surface area contributed by atoms with Gasteiger partial charge in [-0.2, -0.15) is 26.3 Å². The topological polar surface area (TPSA) is 137 Å². The number of aliphatic carboxylic acids is 1. The van der Waals surface area contributed by atoms with Crippen molar-refractivity contribution in [2.45, 2.75) is 76.9 Å². The number of H-pyrrole nitrogens is 1. The van der Waals surface area contributed by atoms with Gasteiger partial charge in [-0.25, -0.2) is 4.98 Å². The van der Waals surface area contributed by atoms with Gasteiger partial charge in [-0.15, -0.1) is 0 Å². The number of halogens is 6. The fourth-order valence-electron chi connectivity index (χ4n) is 5.18. The monoisotopic (exact) mass is 705 g/mol. The highest BCUT2D eigenvalue weighted by Crippen LogP contribution is 2.37. The predicted molar refractivity (Wildman–Crippen MR) is 168 cm³/mol. The maximum atomic E-state index is 12.8. The lowest BCUT2D eigenvalue weighted by Gasteiger charge is -2.46. The summed E-state index contributed by atoms with van der Waals surface area (Å²) in [6, 6.07) is 2.32. The summed E-state index contributed by atoms with van der Waals surface area (Å²) in [5.41, 5.74) is -2.39. The van der Waals surface area contributed by atoms with Gasteiger partial charge in [0.05, 0.1) is 30.9 Å². The number of nitrogens with zero attached hydrogens (tertiary/aromatic N) is 3. The van der Waals surface area contributed by atoms with Crippen molar-refractivity contribution < 1.29 is 50.5 Å². The molecule has 49 heavy (non-hydrogen) atoms. The van der Waals surface area contributed by atoms with Gasteiger partial charge in [0.25, 0.3) is 12.0 Å². The van der Waals surface area contributed by atoms with Crippen LogP contribution in [-0.2, 0) is 44.4 Å². The molecule has 11 nitrogen and oxygen atoms in total. The lowest BCUT2D eigenvalue weighted by molar-refractivity contribution is -0.143. The number of piperidine rings is 1. The maximum Gasteiger partial charge on any atom is 0.416 e. The molecule has 0 aliphatic carbocycles. The van der Waals surface area contributed by atoms with E-state index >= 15 is 0 Å². The summed E-state index contributed by atoms with van der Waals surface area (Å²) in [5, 5.41) is 11.0. The summed E-state index contributed by atoms with van der Waals surface area (Å²) >= 11 is 0. The van der Waals surface area contributed by atoms with Gasteiger partial charge >= 0.3 is 18.3 Å². The molecule has 1 saturated heterocycles. The fraction of sp³-hybridized carbons (Fsp3) is 0.500. The zero-order valence-corrected chi connectivity index (χ0v) is 27.7. The predicted octanol–water partition coefficient (Wildman–Crippen LogP) is 5.79. The largest absolute Gasteiger partial charge is 0.482 e. The molecule has 0 amide bonds. The van der Waals surface area contributed by atoms with Crippen LogP contribution in [0.5, 0.6) is 0 Å². The van der Waals surface area contributed by atoms with Crippen LogP contribution in [0.15, 0.2) is 52.9 Å². The number of nitrogens with one attached hydrogen (secondary N) is 2. The number of aromatic nitrogens is 2. The maximum absolute atomic E-state index is 12.8. The van der Waals surface area contributed by atoms with E-state index < -0.39 is 41.6 Å². The molecule has 2 aromatic rings. The van der Waals surface area contributed by atoms with E-state index in [1.165, 1.54) is 25.0 Å². The first-order valence-corrected chi connectivity index (χ1v) is 15.3. The number of hydrogen-bond acceptors (Lipinski definition) is 9. The molecule has 3 heterocycles. The number of anilines is 1. The van der Waals surface area contributed by atoms with Crippen molar-refractivity contribution in [3.63, 3.8) is 0 Å². The van der Waals surface area contributed by atoms with Gasteiger partial charge in [-0.1, -0.05) is 6.92 Å². The number of carboxylic acids is 1. The number of carboxylic acid groups (broad SMARTS) is 1. The van der Waals surface area contributed by atoms with Crippen LogP contribution in [0.2, 0.25) is 0 Å². The Morgan fingerprint density at radius 1 is 1.06 bits per heavy atom. The van der Waals surface area contributed by atoms with Crippen molar-refractivity contribution >= 4 is 18.4 Å². The van der Waals surface area contributed by atoms with E-state index in [4.69, 9.17) is 9.84 Å². The third-order valence-electron chi connectivity index (χ3n) is 7.79.